The van der Waals surface area contributed by atoms with Gasteiger partial charge in [0.2, 0.25) is 0 Å². The van der Waals surface area contributed by atoms with E-state index in [-0.39, 0.29) is 6.61 Å². The van der Waals surface area contributed by atoms with Crippen molar-refractivity contribution in [3.63, 3.8) is 0 Å². The van der Waals surface area contributed by atoms with Gasteiger partial charge in [0.1, 0.15) is 0 Å². The van der Waals surface area contributed by atoms with Crippen molar-refractivity contribution in [2.45, 2.75) is 25.3 Å². The Morgan fingerprint density at radius 2 is 2.57 bits per heavy atom. The fourth-order valence-electron chi connectivity index (χ4n) is 1.72. The molecule has 1 aliphatic heterocycles. The molecular weight excluding hydrogens is 180 g/mol. The zero-order valence-corrected chi connectivity index (χ0v) is 8.22. The molecule has 1 saturated heterocycles. The molecule has 1 fully saturated rings. The van der Waals surface area contributed by atoms with Crippen LogP contribution in [0.25, 0.3) is 0 Å². The average molecular weight is 196 g/mol. The van der Waals surface area contributed by atoms with E-state index in [4.69, 9.17) is 9.84 Å². The Bertz CT molecular complexity index is 279. The Kier molecular flexibility index (Phi) is 3.16. The van der Waals surface area contributed by atoms with Crippen LogP contribution in [0.2, 0.25) is 0 Å². The third-order valence-electron chi connectivity index (χ3n) is 2.56. The lowest BCUT2D eigenvalue weighted by Crippen LogP contribution is -2.08. The highest BCUT2D eigenvalue weighted by molar-refractivity contribution is 5.04. The van der Waals surface area contributed by atoms with Gasteiger partial charge in [-0.15, -0.1) is 0 Å². The number of ether oxygens (including phenoxy) is 1. The van der Waals surface area contributed by atoms with Gasteiger partial charge in [-0.05, 0) is 24.8 Å². The highest BCUT2D eigenvalue weighted by Crippen LogP contribution is 2.18. The minimum absolute atomic E-state index is 0.248. The minimum atomic E-state index is 0.248. The predicted octanol–water partition coefficient (Wildman–Crippen LogP) is 0.769. The zero-order chi connectivity index (χ0) is 9.80. The van der Waals surface area contributed by atoms with Crippen LogP contribution in [0.15, 0.2) is 12.4 Å². The number of aromatic nitrogens is 2. The third kappa shape index (κ3) is 2.13. The van der Waals surface area contributed by atoms with Crippen LogP contribution in [0.3, 0.4) is 0 Å². The summed E-state index contributed by atoms with van der Waals surface area (Å²) in [4.78, 5) is 0. The molecule has 2 heterocycles. The maximum atomic E-state index is 8.70. The average Bonchev–Trinajstić information content (AvgIpc) is 2.85. The fraction of sp³-hybridized carbons (Fsp3) is 0.700. The third-order valence-corrected chi connectivity index (χ3v) is 2.56. The maximum Gasteiger partial charge on any atom is 0.0774 e. The summed E-state index contributed by atoms with van der Waals surface area (Å²) in [6.07, 6.45) is 6.72. The van der Waals surface area contributed by atoms with Crippen molar-refractivity contribution in [1.29, 1.82) is 0 Å². The summed E-state index contributed by atoms with van der Waals surface area (Å²) in [5.41, 5.74) is 1.20. The van der Waals surface area contributed by atoms with Gasteiger partial charge in [-0.1, -0.05) is 0 Å². The summed E-state index contributed by atoms with van der Waals surface area (Å²) >= 11 is 0. The van der Waals surface area contributed by atoms with Crippen molar-refractivity contribution in [3.05, 3.63) is 18.0 Å². The van der Waals surface area contributed by atoms with Crippen LogP contribution >= 0.6 is 0 Å². The van der Waals surface area contributed by atoms with E-state index in [0.29, 0.717) is 6.04 Å². The molecule has 1 aromatic rings. The molecule has 78 valence electrons. The van der Waals surface area contributed by atoms with Gasteiger partial charge in [0.25, 0.3) is 0 Å². The van der Waals surface area contributed by atoms with Gasteiger partial charge in [0, 0.05) is 19.4 Å². The first kappa shape index (κ1) is 9.68. The summed E-state index contributed by atoms with van der Waals surface area (Å²) in [5.74, 6) is 0. The Hall–Kier alpha value is -0.870. The van der Waals surface area contributed by atoms with Crippen LogP contribution in [0.4, 0.5) is 0 Å². The van der Waals surface area contributed by atoms with Gasteiger partial charge in [0.15, 0.2) is 0 Å². The number of hydrogen-bond acceptors (Lipinski definition) is 3. The quantitative estimate of drug-likeness (QED) is 0.773. The number of aliphatic hydroxyl groups is 1. The molecule has 2 rings (SSSR count). The highest BCUT2D eigenvalue weighted by atomic mass is 16.5. The van der Waals surface area contributed by atoms with E-state index in [2.05, 4.69) is 11.3 Å². The second kappa shape index (κ2) is 4.57. The van der Waals surface area contributed by atoms with E-state index in [9.17, 15) is 0 Å². The molecule has 0 saturated carbocycles. The number of aliphatic hydroxyl groups excluding tert-OH is 1. The Morgan fingerprint density at radius 3 is 3.29 bits per heavy atom. The summed E-state index contributed by atoms with van der Waals surface area (Å²) in [6, 6.07) is 0.415. The second-order valence-electron chi connectivity index (χ2n) is 3.67. The van der Waals surface area contributed by atoms with Crippen LogP contribution in [0, 0.1) is 0 Å². The van der Waals surface area contributed by atoms with Crippen LogP contribution in [0.1, 0.15) is 24.4 Å². The Balaban J connectivity index is 1.94. The van der Waals surface area contributed by atoms with Gasteiger partial charge in [-0.25, -0.2) is 0 Å². The van der Waals surface area contributed by atoms with Crippen molar-refractivity contribution in [3.8, 4) is 0 Å². The van der Waals surface area contributed by atoms with Gasteiger partial charge in [-0.3, -0.25) is 4.68 Å². The molecule has 0 amide bonds. The first-order valence-corrected chi connectivity index (χ1v) is 5.12. The second-order valence-corrected chi connectivity index (χ2v) is 3.67. The summed E-state index contributed by atoms with van der Waals surface area (Å²) in [7, 11) is 0. The molecule has 0 unspecified atom stereocenters. The first-order chi connectivity index (χ1) is 6.90. The molecule has 0 radical (unpaired) electrons. The van der Waals surface area contributed by atoms with Gasteiger partial charge in [0.05, 0.1) is 18.8 Å². The van der Waals surface area contributed by atoms with Crippen molar-refractivity contribution < 1.29 is 9.84 Å². The maximum absolute atomic E-state index is 8.70. The van der Waals surface area contributed by atoms with Crippen molar-refractivity contribution >= 4 is 0 Å². The topological polar surface area (TPSA) is 47.3 Å². The molecular formula is C10H16N2O2. The van der Waals surface area contributed by atoms with E-state index < -0.39 is 0 Å². The first-order valence-electron chi connectivity index (χ1n) is 5.12. The molecule has 0 aliphatic carbocycles. The molecule has 0 bridgehead atoms. The minimum Gasteiger partial charge on any atom is -0.396 e. The van der Waals surface area contributed by atoms with E-state index in [0.717, 1.165) is 32.5 Å². The van der Waals surface area contributed by atoms with Crippen molar-refractivity contribution in [2.75, 3.05) is 19.8 Å². The monoisotopic (exact) mass is 196 g/mol. The lowest BCUT2D eigenvalue weighted by molar-refractivity contribution is 0.184. The van der Waals surface area contributed by atoms with Gasteiger partial charge in [-0.2, -0.15) is 5.10 Å². The van der Waals surface area contributed by atoms with Crippen LogP contribution in [-0.4, -0.2) is 34.7 Å². The number of hydrogen-bond donors (Lipinski definition) is 1. The molecule has 1 aromatic heterocycles. The molecule has 1 aliphatic rings. The molecule has 1 N–H and O–H groups in total. The predicted molar refractivity (Wildman–Crippen MR) is 52.1 cm³/mol. The van der Waals surface area contributed by atoms with Gasteiger partial charge < -0.3 is 9.84 Å². The summed E-state index contributed by atoms with van der Waals surface area (Å²) in [6.45, 7) is 1.87. The van der Waals surface area contributed by atoms with Gasteiger partial charge >= 0.3 is 0 Å². The van der Waals surface area contributed by atoms with E-state index >= 15 is 0 Å². The van der Waals surface area contributed by atoms with Crippen LogP contribution < -0.4 is 0 Å². The van der Waals surface area contributed by atoms with Crippen LogP contribution in [-0.2, 0) is 11.2 Å². The Morgan fingerprint density at radius 1 is 1.64 bits per heavy atom. The summed E-state index contributed by atoms with van der Waals surface area (Å²) < 4.78 is 7.29. The van der Waals surface area contributed by atoms with Crippen LogP contribution in [0.5, 0.6) is 0 Å². The number of nitrogens with zero attached hydrogens (tertiary/aromatic N) is 2. The van der Waals surface area contributed by atoms with E-state index in [1.807, 2.05) is 10.9 Å². The highest BCUT2D eigenvalue weighted by Gasteiger charge is 2.17. The SMILES string of the molecule is OCCCc1cnn([C@H]2CCOC2)c1. The molecule has 0 spiro atoms. The fourth-order valence-corrected chi connectivity index (χ4v) is 1.72. The molecule has 14 heavy (non-hydrogen) atoms. The largest absolute Gasteiger partial charge is 0.396 e. The smallest absolute Gasteiger partial charge is 0.0774 e. The normalized spacial score (nSPS) is 21.6. The summed E-state index contributed by atoms with van der Waals surface area (Å²) in [5, 5.41) is 13.0. The molecule has 4 heteroatoms. The standard InChI is InChI=1S/C10H16N2O2/c13-4-1-2-9-6-11-12(7-9)10-3-5-14-8-10/h6-7,10,13H,1-5,8H2/t10-/m0/s1. The van der Waals surface area contributed by atoms with Crippen molar-refractivity contribution in [2.24, 2.45) is 0 Å². The molecule has 4 nitrogen and oxygen atoms in total. The van der Waals surface area contributed by atoms with E-state index in [1.165, 1.54) is 5.56 Å². The number of aryl methyl sites for hydroxylation is 1. The number of rotatable bonds is 4. The lowest BCUT2D eigenvalue weighted by Gasteiger charge is -2.06. The molecule has 0 aromatic carbocycles. The molecule has 1 atom stereocenters. The zero-order valence-electron chi connectivity index (χ0n) is 8.22. The van der Waals surface area contributed by atoms with Crippen molar-refractivity contribution in [1.82, 2.24) is 9.78 Å². The van der Waals surface area contributed by atoms with E-state index in [1.54, 1.807) is 0 Å². The Labute approximate surface area is 83.5 Å². The lowest BCUT2D eigenvalue weighted by atomic mass is 10.2.